The van der Waals surface area contributed by atoms with Crippen molar-refractivity contribution in [1.82, 2.24) is 5.32 Å². The van der Waals surface area contributed by atoms with Gasteiger partial charge < -0.3 is 20.5 Å². The van der Waals surface area contributed by atoms with Crippen LogP contribution < -0.4 is 11.1 Å². The first-order valence-electron chi connectivity index (χ1n) is 6.30. The molecular formula is C12H22N2O3. The molecule has 2 aliphatic rings. The number of carbonyl (C=O) groups is 1. The van der Waals surface area contributed by atoms with Crippen LogP contribution in [0, 0.1) is 5.92 Å². The van der Waals surface area contributed by atoms with E-state index >= 15 is 0 Å². The number of hydrogen-bond acceptors (Lipinski definition) is 4. The SMILES string of the molecule is COC1(CNC(=O)CC(N)C2CC2)CCOC1. The Morgan fingerprint density at radius 3 is 2.94 bits per heavy atom. The van der Waals surface area contributed by atoms with Gasteiger partial charge in [0.15, 0.2) is 0 Å². The number of methoxy groups -OCH3 is 1. The molecule has 0 aromatic rings. The van der Waals surface area contributed by atoms with E-state index in [9.17, 15) is 4.79 Å². The van der Waals surface area contributed by atoms with Crippen LogP contribution in [-0.2, 0) is 14.3 Å². The van der Waals surface area contributed by atoms with Gasteiger partial charge in [0.2, 0.25) is 5.91 Å². The zero-order chi connectivity index (χ0) is 12.3. The standard InChI is InChI=1S/C12H22N2O3/c1-16-12(4-5-17-8-12)7-14-11(15)6-10(13)9-2-3-9/h9-10H,2-8,13H2,1H3,(H,14,15). The average molecular weight is 242 g/mol. The Morgan fingerprint density at radius 1 is 1.65 bits per heavy atom. The number of hydrogen-bond donors (Lipinski definition) is 2. The quantitative estimate of drug-likeness (QED) is 0.689. The van der Waals surface area contributed by atoms with E-state index in [2.05, 4.69) is 5.32 Å². The minimum atomic E-state index is -0.334. The second-order valence-corrected chi connectivity index (χ2v) is 5.17. The Kier molecular flexibility index (Phi) is 4.01. The summed E-state index contributed by atoms with van der Waals surface area (Å²) < 4.78 is 10.8. The predicted molar refractivity (Wildman–Crippen MR) is 63.5 cm³/mol. The Morgan fingerprint density at radius 2 is 2.41 bits per heavy atom. The van der Waals surface area contributed by atoms with E-state index in [0.717, 1.165) is 6.42 Å². The third-order valence-corrected chi connectivity index (χ3v) is 3.76. The van der Waals surface area contributed by atoms with Gasteiger partial charge in [-0.1, -0.05) is 0 Å². The van der Waals surface area contributed by atoms with Gasteiger partial charge in [0, 0.05) is 39.1 Å². The van der Waals surface area contributed by atoms with E-state index in [1.54, 1.807) is 7.11 Å². The first-order valence-corrected chi connectivity index (χ1v) is 6.30. The molecule has 98 valence electrons. The van der Waals surface area contributed by atoms with E-state index in [1.165, 1.54) is 12.8 Å². The van der Waals surface area contributed by atoms with Gasteiger partial charge in [-0.2, -0.15) is 0 Å². The molecule has 2 rings (SSSR count). The summed E-state index contributed by atoms with van der Waals surface area (Å²) in [6.07, 6.45) is 3.60. The minimum Gasteiger partial charge on any atom is -0.378 e. The molecule has 2 atom stereocenters. The lowest BCUT2D eigenvalue weighted by Crippen LogP contribution is -2.46. The molecule has 5 heteroatoms. The maximum Gasteiger partial charge on any atom is 0.221 e. The van der Waals surface area contributed by atoms with Crippen LogP contribution in [0.15, 0.2) is 0 Å². The summed E-state index contributed by atoms with van der Waals surface area (Å²) in [5.74, 6) is 0.583. The third-order valence-electron chi connectivity index (χ3n) is 3.76. The molecule has 1 amide bonds. The summed E-state index contributed by atoms with van der Waals surface area (Å²) in [5, 5.41) is 2.91. The van der Waals surface area contributed by atoms with E-state index in [4.69, 9.17) is 15.2 Å². The molecule has 1 aliphatic carbocycles. The van der Waals surface area contributed by atoms with Crippen LogP contribution in [0.4, 0.5) is 0 Å². The van der Waals surface area contributed by atoms with Crippen molar-refractivity contribution < 1.29 is 14.3 Å². The smallest absolute Gasteiger partial charge is 0.221 e. The molecule has 2 unspecified atom stereocenters. The Labute approximate surface area is 102 Å². The molecule has 2 fully saturated rings. The highest BCUT2D eigenvalue weighted by molar-refractivity contribution is 5.76. The molecule has 0 radical (unpaired) electrons. The summed E-state index contributed by atoms with van der Waals surface area (Å²) in [6, 6.07) is 0.0216. The maximum atomic E-state index is 11.7. The zero-order valence-corrected chi connectivity index (χ0v) is 10.4. The second kappa shape index (κ2) is 5.33. The summed E-state index contributed by atoms with van der Waals surface area (Å²) in [7, 11) is 1.66. The molecule has 0 bridgehead atoms. The number of rotatable bonds is 6. The van der Waals surface area contributed by atoms with E-state index in [0.29, 0.717) is 32.1 Å². The first-order chi connectivity index (χ1) is 8.15. The summed E-state index contributed by atoms with van der Waals surface area (Å²) in [4.78, 5) is 11.7. The van der Waals surface area contributed by atoms with Crippen LogP contribution in [0.3, 0.4) is 0 Å². The number of nitrogens with one attached hydrogen (secondary N) is 1. The molecular weight excluding hydrogens is 220 g/mol. The molecule has 0 spiro atoms. The van der Waals surface area contributed by atoms with E-state index in [1.807, 2.05) is 0 Å². The average Bonchev–Trinajstić information content (AvgIpc) is 3.07. The second-order valence-electron chi connectivity index (χ2n) is 5.17. The van der Waals surface area contributed by atoms with Crippen molar-refractivity contribution in [2.45, 2.75) is 37.3 Å². The highest BCUT2D eigenvalue weighted by Gasteiger charge is 2.36. The van der Waals surface area contributed by atoms with Gasteiger partial charge in [-0.3, -0.25) is 4.79 Å². The maximum absolute atomic E-state index is 11.7. The van der Waals surface area contributed by atoms with Crippen molar-refractivity contribution in [3.05, 3.63) is 0 Å². The molecule has 3 N–H and O–H groups in total. The largest absolute Gasteiger partial charge is 0.378 e. The summed E-state index contributed by atoms with van der Waals surface area (Å²) in [5.41, 5.74) is 5.58. The third kappa shape index (κ3) is 3.40. The van der Waals surface area contributed by atoms with Gasteiger partial charge in [0.05, 0.1) is 6.61 Å². The molecule has 0 aromatic carbocycles. The molecule has 1 heterocycles. The van der Waals surface area contributed by atoms with Crippen molar-refractivity contribution in [2.75, 3.05) is 26.9 Å². The number of nitrogens with two attached hydrogens (primary N) is 1. The van der Waals surface area contributed by atoms with Crippen molar-refractivity contribution in [2.24, 2.45) is 11.7 Å². The van der Waals surface area contributed by atoms with Crippen LogP contribution in [-0.4, -0.2) is 44.4 Å². The monoisotopic (exact) mass is 242 g/mol. The van der Waals surface area contributed by atoms with E-state index in [-0.39, 0.29) is 17.6 Å². The fourth-order valence-corrected chi connectivity index (χ4v) is 2.20. The van der Waals surface area contributed by atoms with Gasteiger partial charge in [-0.15, -0.1) is 0 Å². The molecule has 17 heavy (non-hydrogen) atoms. The molecule has 1 aliphatic heterocycles. The zero-order valence-electron chi connectivity index (χ0n) is 10.4. The van der Waals surface area contributed by atoms with Crippen LogP contribution >= 0.6 is 0 Å². The minimum absolute atomic E-state index is 0.0210. The van der Waals surface area contributed by atoms with Crippen LogP contribution in [0.25, 0.3) is 0 Å². The molecule has 0 aromatic heterocycles. The Balaban J connectivity index is 1.71. The van der Waals surface area contributed by atoms with Gasteiger partial charge in [-0.05, 0) is 18.8 Å². The normalized spacial score (nSPS) is 30.2. The van der Waals surface area contributed by atoms with Crippen LogP contribution in [0.2, 0.25) is 0 Å². The van der Waals surface area contributed by atoms with Gasteiger partial charge in [-0.25, -0.2) is 0 Å². The van der Waals surface area contributed by atoms with Crippen LogP contribution in [0.5, 0.6) is 0 Å². The van der Waals surface area contributed by atoms with Gasteiger partial charge >= 0.3 is 0 Å². The highest BCUT2D eigenvalue weighted by atomic mass is 16.5. The van der Waals surface area contributed by atoms with Crippen molar-refractivity contribution in [3.63, 3.8) is 0 Å². The fraction of sp³-hybridized carbons (Fsp3) is 0.917. The lowest BCUT2D eigenvalue weighted by atomic mass is 10.0. The fourth-order valence-electron chi connectivity index (χ4n) is 2.20. The topological polar surface area (TPSA) is 73.6 Å². The van der Waals surface area contributed by atoms with Crippen molar-refractivity contribution in [1.29, 1.82) is 0 Å². The lowest BCUT2D eigenvalue weighted by molar-refractivity contribution is -0.123. The summed E-state index contributed by atoms with van der Waals surface area (Å²) >= 11 is 0. The van der Waals surface area contributed by atoms with Gasteiger partial charge in [0.25, 0.3) is 0 Å². The highest BCUT2D eigenvalue weighted by Crippen LogP contribution is 2.32. The molecule has 1 saturated carbocycles. The molecule has 1 saturated heterocycles. The Hall–Kier alpha value is -0.650. The first kappa shape index (κ1) is 12.8. The number of carbonyl (C=O) groups excluding carboxylic acids is 1. The number of ether oxygens (including phenoxy) is 2. The van der Waals surface area contributed by atoms with Crippen LogP contribution in [0.1, 0.15) is 25.7 Å². The van der Waals surface area contributed by atoms with Crippen molar-refractivity contribution in [3.8, 4) is 0 Å². The van der Waals surface area contributed by atoms with E-state index < -0.39 is 0 Å². The van der Waals surface area contributed by atoms with Crippen molar-refractivity contribution >= 4 is 5.91 Å². The lowest BCUT2D eigenvalue weighted by Gasteiger charge is -2.26. The van der Waals surface area contributed by atoms with Gasteiger partial charge in [0.1, 0.15) is 5.60 Å². The summed E-state index contributed by atoms with van der Waals surface area (Å²) in [6.45, 7) is 1.77. The Bertz CT molecular complexity index is 273. The number of amides is 1. The molecule has 5 nitrogen and oxygen atoms in total. The predicted octanol–water partition coefficient (Wildman–Crippen LogP) is 0.0355.